The third-order valence-corrected chi connectivity index (χ3v) is 5.00. The number of hydrogen-bond donors (Lipinski definition) is 2. The lowest BCUT2D eigenvalue weighted by atomic mass is 9.75. The molecule has 1 aliphatic carbocycles. The lowest BCUT2D eigenvalue weighted by Gasteiger charge is -2.38. The van der Waals surface area contributed by atoms with E-state index in [0.29, 0.717) is 19.3 Å². The molecule has 0 unspecified atom stereocenters. The highest BCUT2D eigenvalue weighted by Crippen LogP contribution is 2.31. The number of aliphatic hydroxyl groups excluding tert-OH is 1. The van der Waals surface area contributed by atoms with Crippen LogP contribution in [0.4, 0.5) is 0 Å². The maximum absolute atomic E-state index is 12.5. The molecule has 0 saturated heterocycles. The molecule has 0 aromatic carbocycles. The molecule has 2 heterocycles. The van der Waals surface area contributed by atoms with Gasteiger partial charge in [-0.15, -0.1) is 0 Å². The highest BCUT2D eigenvalue weighted by Gasteiger charge is 2.34. The SMILES string of the molecule is Cc1cc(=O)n(CC(=O)N[C@@H](Cc2ccncc2)C2CC(O)C2)nc1C. The van der Waals surface area contributed by atoms with Crippen LogP contribution in [-0.2, 0) is 17.8 Å². The van der Waals surface area contributed by atoms with Gasteiger partial charge in [0.1, 0.15) is 6.54 Å². The lowest BCUT2D eigenvalue weighted by Crippen LogP contribution is -2.49. The molecule has 3 rings (SSSR count). The maximum atomic E-state index is 12.5. The van der Waals surface area contributed by atoms with E-state index >= 15 is 0 Å². The van der Waals surface area contributed by atoms with Crippen LogP contribution < -0.4 is 10.9 Å². The molecule has 7 nitrogen and oxygen atoms in total. The van der Waals surface area contributed by atoms with Gasteiger partial charge in [0.25, 0.3) is 5.56 Å². The second kappa shape index (κ2) is 7.78. The highest BCUT2D eigenvalue weighted by atomic mass is 16.3. The molecule has 1 atom stereocenters. The average molecular weight is 356 g/mol. The molecule has 2 N–H and O–H groups in total. The van der Waals surface area contributed by atoms with Crippen molar-refractivity contribution in [1.29, 1.82) is 0 Å². The first kappa shape index (κ1) is 18.3. The molecule has 1 fully saturated rings. The molecule has 0 spiro atoms. The van der Waals surface area contributed by atoms with Gasteiger partial charge in [-0.25, -0.2) is 4.68 Å². The van der Waals surface area contributed by atoms with Crippen LogP contribution >= 0.6 is 0 Å². The van der Waals surface area contributed by atoms with E-state index in [0.717, 1.165) is 16.8 Å². The van der Waals surface area contributed by atoms with Crippen LogP contribution in [0.5, 0.6) is 0 Å². The first-order valence-electron chi connectivity index (χ1n) is 8.84. The van der Waals surface area contributed by atoms with Crippen LogP contribution in [0.15, 0.2) is 35.4 Å². The number of carbonyl (C=O) groups is 1. The van der Waals surface area contributed by atoms with Crippen molar-refractivity contribution in [3.05, 3.63) is 57.8 Å². The molecule has 0 aliphatic heterocycles. The molecule has 1 aliphatic rings. The summed E-state index contributed by atoms with van der Waals surface area (Å²) >= 11 is 0. The smallest absolute Gasteiger partial charge is 0.267 e. The van der Waals surface area contributed by atoms with Crippen molar-refractivity contribution in [3.8, 4) is 0 Å². The van der Waals surface area contributed by atoms with E-state index in [9.17, 15) is 14.7 Å². The predicted molar refractivity (Wildman–Crippen MR) is 96.6 cm³/mol. The Morgan fingerprint density at radius 2 is 2.04 bits per heavy atom. The summed E-state index contributed by atoms with van der Waals surface area (Å²) in [4.78, 5) is 28.5. The van der Waals surface area contributed by atoms with Crippen molar-refractivity contribution < 1.29 is 9.90 Å². The van der Waals surface area contributed by atoms with Crippen molar-refractivity contribution in [2.75, 3.05) is 0 Å². The quantitative estimate of drug-likeness (QED) is 0.796. The molecule has 138 valence electrons. The van der Waals surface area contributed by atoms with Gasteiger partial charge in [-0.05, 0) is 62.3 Å². The normalized spacial score (nSPS) is 20.3. The van der Waals surface area contributed by atoms with Crippen LogP contribution in [0.3, 0.4) is 0 Å². The van der Waals surface area contributed by atoms with Crippen molar-refractivity contribution in [1.82, 2.24) is 20.1 Å². The number of carbonyl (C=O) groups excluding carboxylic acids is 1. The van der Waals surface area contributed by atoms with Gasteiger partial charge in [0.15, 0.2) is 0 Å². The van der Waals surface area contributed by atoms with Gasteiger partial charge in [-0.2, -0.15) is 5.10 Å². The van der Waals surface area contributed by atoms with E-state index in [-0.39, 0.29) is 36.1 Å². The van der Waals surface area contributed by atoms with Crippen LogP contribution in [0, 0.1) is 19.8 Å². The standard InChI is InChI=1S/C19H24N4O3/c1-12-7-19(26)23(22-13(12)2)11-18(25)21-17(15-9-16(24)10-15)8-14-3-5-20-6-4-14/h3-7,15-17,24H,8-11H2,1-2H3,(H,21,25)/t15?,16?,17-/m0/s1. The predicted octanol–water partition coefficient (Wildman–Crippen LogP) is 0.754. The Kier molecular flexibility index (Phi) is 5.46. The summed E-state index contributed by atoms with van der Waals surface area (Å²) in [7, 11) is 0. The molecule has 0 bridgehead atoms. The van der Waals surface area contributed by atoms with E-state index in [1.807, 2.05) is 26.0 Å². The van der Waals surface area contributed by atoms with E-state index in [1.165, 1.54) is 10.7 Å². The van der Waals surface area contributed by atoms with E-state index in [4.69, 9.17) is 0 Å². The van der Waals surface area contributed by atoms with E-state index < -0.39 is 0 Å². The monoisotopic (exact) mass is 356 g/mol. The third kappa shape index (κ3) is 4.35. The number of nitrogens with zero attached hydrogens (tertiary/aromatic N) is 3. The minimum atomic E-state index is -0.291. The molecular formula is C19H24N4O3. The molecule has 2 aromatic rings. The number of hydrogen-bond acceptors (Lipinski definition) is 5. The van der Waals surface area contributed by atoms with Gasteiger partial charge in [-0.1, -0.05) is 0 Å². The molecule has 1 saturated carbocycles. The molecule has 2 aromatic heterocycles. The van der Waals surface area contributed by atoms with Crippen LogP contribution in [0.25, 0.3) is 0 Å². The third-order valence-electron chi connectivity index (χ3n) is 5.00. The number of aryl methyl sites for hydroxylation is 2. The van der Waals surface area contributed by atoms with Gasteiger partial charge in [0.2, 0.25) is 5.91 Å². The van der Waals surface area contributed by atoms with Crippen LogP contribution in [0.2, 0.25) is 0 Å². The second-order valence-corrected chi connectivity index (χ2v) is 7.03. The number of pyridine rings is 1. The van der Waals surface area contributed by atoms with Crippen molar-refractivity contribution in [2.24, 2.45) is 5.92 Å². The minimum Gasteiger partial charge on any atom is -0.393 e. The van der Waals surface area contributed by atoms with Gasteiger partial charge in [0, 0.05) is 24.5 Å². The Labute approximate surface area is 152 Å². The zero-order valence-corrected chi connectivity index (χ0v) is 15.1. The molecule has 26 heavy (non-hydrogen) atoms. The number of rotatable bonds is 6. The fourth-order valence-electron chi connectivity index (χ4n) is 3.24. The van der Waals surface area contributed by atoms with Gasteiger partial charge < -0.3 is 10.4 Å². The highest BCUT2D eigenvalue weighted by molar-refractivity contribution is 5.76. The average Bonchev–Trinajstić information content (AvgIpc) is 2.57. The summed E-state index contributed by atoms with van der Waals surface area (Å²) in [6.07, 6.45) is 5.18. The summed E-state index contributed by atoms with van der Waals surface area (Å²) < 4.78 is 1.19. The van der Waals surface area contributed by atoms with Crippen LogP contribution in [-0.4, -0.2) is 37.9 Å². The summed E-state index contributed by atoms with van der Waals surface area (Å²) in [5.41, 5.74) is 2.33. The first-order chi connectivity index (χ1) is 12.4. The van der Waals surface area contributed by atoms with Crippen LogP contribution in [0.1, 0.15) is 29.7 Å². The molecule has 1 amide bonds. The van der Waals surface area contributed by atoms with E-state index in [2.05, 4.69) is 15.4 Å². The van der Waals surface area contributed by atoms with Crippen molar-refractivity contribution in [2.45, 2.75) is 51.8 Å². The Balaban J connectivity index is 1.69. The maximum Gasteiger partial charge on any atom is 0.267 e. The van der Waals surface area contributed by atoms with E-state index in [1.54, 1.807) is 12.4 Å². The number of amides is 1. The summed E-state index contributed by atoms with van der Waals surface area (Å²) in [6, 6.07) is 5.25. The fourth-order valence-corrected chi connectivity index (χ4v) is 3.24. The minimum absolute atomic E-state index is 0.0875. The number of aliphatic hydroxyl groups is 1. The lowest BCUT2D eigenvalue weighted by molar-refractivity contribution is -0.123. The fraction of sp³-hybridized carbons (Fsp3) is 0.474. The van der Waals surface area contributed by atoms with Crippen molar-refractivity contribution >= 4 is 5.91 Å². The van der Waals surface area contributed by atoms with Gasteiger partial charge >= 0.3 is 0 Å². The second-order valence-electron chi connectivity index (χ2n) is 7.03. The Hall–Kier alpha value is -2.54. The Morgan fingerprint density at radius 1 is 1.35 bits per heavy atom. The van der Waals surface area contributed by atoms with Gasteiger partial charge in [-0.3, -0.25) is 14.6 Å². The topological polar surface area (TPSA) is 97.1 Å². The molecule has 7 heteroatoms. The first-order valence-corrected chi connectivity index (χ1v) is 8.84. The largest absolute Gasteiger partial charge is 0.393 e. The zero-order chi connectivity index (χ0) is 18.7. The summed E-state index contributed by atoms with van der Waals surface area (Å²) in [5, 5.41) is 16.8. The molecular weight excluding hydrogens is 332 g/mol. The Bertz CT molecular complexity index is 828. The number of nitrogens with one attached hydrogen (secondary N) is 1. The van der Waals surface area contributed by atoms with Gasteiger partial charge in [0.05, 0.1) is 11.8 Å². The summed E-state index contributed by atoms with van der Waals surface area (Å²) in [5.74, 6) is -0.0187. The van der Waals surface area contributed by atoms with Crippen molar-refractivity contribution in [3.63, 3.8) is 0 Å². The number of aromatic nitrogens is 3. The zero-order valence-electron chi connectivity index (χ0n) is 15.1. The Morgan fingerprint density at radius 3 is 2.69 bits per heavy atom. The molecule has 0 radical (unpaired) electrons. The summed E-state index contributed by atoms with van der Waals surface area (Å²) in [6.45, 7) is 3.52.